The van der Waals surface area contributed by atoms with Gasteiger partial charge in [0.05, 0.1) is 11.3 Å². The molecule has 0 aliphatic heterocycles. The number of hydrogen-bond acceptors (Lipinski definition) is 3. The minimum absolute atomic E-state index is 0.498. The molecule has 0 radical (unpaired) electrons. The fourth-order valence-corrected chi connectivity index (χ4v) is 2.67. The molecule has 0 amide bonds. The zero-order valence-corrected chi connectivity index (χ0v) is 12.8. The summed E-state index contributed by atoms with van der Waals surface area (Å²) < 4.78 is 0. The molecule has 1 N–H and O–H groups in total. The van der Waals surface area contributed by atoms with Crippen molar-refractivity contribution < 1.29 is 0 Å². The van der Waals surface area contributed by atoms with Gasteiger partial charge < -0.3 is 10.2 Å². The molecule has 0 aromatic heterocycles. The van der Waals surface area contributed by atoms with Crippen LogP contribution in [0.4, 0.5) is 5.69 Å². The molecule has 1 saturated carbocycles. The second-order valence-corrected chi connectivity index (χ2v) is 5.70. The molecule has 3 heteroatoms. The lowest BCUT2D eigenvalue weighted by molar-refractivity contribution is 0.591. The molecule has 0 saturated heterocycles. The summed E-state index contributed by atoms with van der Waals surface area (Å²) in [4.78, 5) is 2.25. The van der Waals surface area contributed by atoms with Crippen LogP contribution in [0.25, 0.3) is 0 Å². The van der Waals surface area contributed by atoms with Gasteiger partial charge in [-0.15, -0.1) is 0 Å². The number of nitrogens with zero attached hydrogens (tertiary/aromatic N) is 2. The summed E-state index contributed by atoms with van der Waals surface area (Å²) in [5.41, 5.74) is 3.04. The monoisotopic (exact) mass is 271 g/mol. The SMILES string of the molecule is CCC(CC)N(C)c1ccc(CNC2CC2)cc1C#N. The second-order valence-electron chi connectivity index (χ2n) is 5.70. The van der Waals surface area contributed by atoms with Gasteiger partial charge in [0.25, 0.3) is 0 Å². The van der Waals surface area contributed by atoms with Crippen LogP contribution in [0.2, 0.25) is 0 Å². The Morgan fingerprint density at radius 3 is 2.60 bits per heavy atom. The van der Waals surface area contributed by atoms with Gasteiger partial charge in [0, 0.05) is 25.7 Å². The van der Waals surface area contributed by atoms with E-state index >= 15 is 0 Å². The van der Waals surface area contributed by atoms with Crippen LogP contribution in [-0.2, 0) is 6.54 Å². The van der Waals surface area contributed by atoms with Gasteiger partial charge in [-0.1, -0.05) is 19.9 Å². The topological polar surface area (TPSA) is 39.1 Å². The van der Waals surface area contributed by atoms with Crippen LogP contribution in [0.5, 0.6) is 0 Å². The lowest BCUT2D eigenvalue weighted by Crippen LogP contribution is -2.31. The first kappa shape index (κ1) is 14.9. The second kappa shape index (κ2) is 6.76. The predicted octanol–water partition coefficient (Wildman–Crippen LogP) is 3.44. The molecule has 1 aliphatic carbocycles. The smallest absolute Gasteiger partial charge is 0.101 e. The maximum absolute atomic E-state index is 9.41. The standard InChI is InChI=1S/C17H25N3/c1-4-16(5-2)20(3)17-9-6-13(10-14(17)11-18)12-19-15-7-8-15/h6,9-10,15-16,19H,4-5,7-8,12H2,1-3H3. The van der Waals surface area contributed by atoms with Gasteiger partial charge in [-0.25, -0.2) is 0 Å². The molecular weight excluding hydrogens is 246 g/mol. The molecule has 20 heavy (non-hydrogen) atoms. The van der Waals surface area contributed by atoms with Crippen molar-refractivity contribution >= 4 is 5.69 Å². The molecule has 0 heterocycles. The van der Waals surface area contributed by atoms with Gasteiger partial charge in [-0.2, -0.15) is 5.26 Å². The van der Waals surface area contributed by atoms with Crippen molar-refractivity contribution in [3.05, 3.63) is 29.3 Å². The van der Waals surface area contributed by atoms with Crippen LogP contribution in [0, 0.1) is 11.3 Å². The third kappa shape index (κ3) is 3.52. The van der Waals surface area contributed by atoms with E-state index in [-0.39, 0.29) is 0 Å². The first-order chi connectivity index (χ1) is 9.69. The minimum Gasteiger partial charge on any atom is -0.371 e. The molecule has 0 bridgehead atoms. The van der Waals surface area contributed by atoms with Crippen molar-refractivity contribution in [1.82, 2.24) is 5.32 Å². The quantitative estimate of drug-likeness (QED) is 0.825. The van der Waals surface area contributed by atoms with Crippen molar-refractivity contribution in [2.45, 2.75) is 58.2 Å². The van der Waals surface area contributed by atoms with E-state index < -0.39 is 0 Å². The van der Waals surface area contributed by atoms with Gasteiger partial charge in [0.2, 0.25) is 0 Å². The average molecular weight is 271 g/mol. The van der Waals surface area contributed by atoms with Crippen molar-refractivity contribution in [1.29, 1.82) is 5.26 Å². The van der Waals surface area contributed by atoms with Crippen LogP contribution < -0.4 is 10.2 Å². The van der Waals surface area contributed by atoms with Crippen molar-refractivity contribution in [2.75, 3.05) is 11.9 Å². The van der Waals surface area contributed by atoms with Crippen molar-refractivity contribution in [3.8, 4) is 6.07 Å². The summed E-state index contributed by atoms with van der Waals surface area (Å²) in [5, 5.41) is 12.9. The Bertz CT molecular complexity index is 481. The first-order valence-corrected chi connectivity index (χ1v) is 7.68. The van der Waals surface area contributed by atoms with E-state index in [1.807, 2.05) is 6.07 Å². The fourth-order valence-electron chi connectivity index (χ4n) is 2.67. The summed E-state index contributed by atoms with van der Waals surface area (Å²) >= 11 is 0. The summed E-state index contributed by atoms with van der Waals surface area (Å²) in [6.45, 7) is 5.27. The molecule has 1 aromatic carbocycles. The predicted molar refractivity (Wildman–Crippen MR) is 83.8 cm³/mol. The summed E-state index contributed by atoms with van der Waals surface area (Å²) in [6, 6.07) is 9.83. The zero-order valence-electron chi connectivity index (χ0n) is 12.8. The highest BCUT2D eigenvalue weighted by Crippen LogP contribution is 2.25. The highest BCUT2D eigenvalue weighted by Gasteiger charge is 2.20. The van der Waals surface area contributed by atoms with Gasteiger partial charge in [-0.3, -0.25) is 0 Å². The zero-order chi connectivity index (χ0) is 14.5. The number of rotatable bonds is 7. The van der Waals surface area contributed by atoms with E-state index in [9.17, 15) is 5.26 Å². The Labute approximate surface area is 122 Å². The first-order valence-electron chi connectivity index (χ1n) is 7.68. The van der Waals surface area contributed by atoms with Gasteiger partial charge >= 0.3 is 0 Å². The summed E-state index contributed by atoms with van der Waals surface area (Å²) in [5.74, 6) is 0. The summed E-state index contributed by atoms with van der Waals surface area (Å²) in [7, 11) is 2.09. The van der Waals surface area contributed by atoms with Crippen LogP contribution in [0.15, 0.2) is 18.2 Å². The van der Waals surface area contributed by atoms with Crippen LogP contribution in [0.1, 0.15) is 50.7 Å². The number of anilines is 1. The molecular formula is C17H25N3. The minimum atomic E-state index is 0.498. The average Bonchev–Trinajstić information content (AvgIpc) is 3.30. The van der Waals surface area contributed by atoms with E-state index in [0.29, 0.717) is 12.1 Å². The Morgan fingerprint density at radius 1 is 1.35 bits per heavy atom. The molecule has 1 aliphatic rings. The lowest BCUT2D eigenvalue weighted by Gasteiger charge is -2.29. The Balaban J connectivity index is 2.14. The Hall–Kier alpha value is -1.53. The molecule has 0 spiro atoms. The van der Waals surface area contributed by atoms with E-state index in [4.69, 9.17) is 0 Å². The van der Waals surface area contributed by atoms with E-state index in [0.717, 1.165) is 30.6 Å². The van der Waals surface area contributed by atoms with E-state index in [2.05, 4.69) is 49.3 Å². The maximum atomic E-state index is 9.41. The molecule has 1 aromatic rings. The van der Waals surface area contributed by atoms with Crippen molar-refractivity contribution in [2.24, 2.45) is 0 Å². The fraction of sp³-hybridized carbons (Fsp3) is 0.588. The van der Waals surface area contributed by atoms with Crippen molar-refractivity contribution in [3.63, 3.8) is 0 Å². The Morgan fingerprint density at radius 2 is 2.05 bits per heavy atom. The van der Waals surface area contributed by atoms with E-state index in [1.165, 1.54) is 18.4 Å². The van der Waals surface area contributed by atoms with E-state index in [1.54, 1.807) is 0 Å². The van der Waals surface area contributed by atoms with Crippen LogP contribution in [0.3, 0.4) is 0 Å². The largest absolute Gasteiger partial charge is 0.371 e. The molecule has 2 rings (SSSR count). The third-order valence-electron chi connectivity index (χ3n) is 4.22. The van der Waals surface area contributed by atoms with Crippen LogP contribution in [-0.4, -0.2) is 19.1 Å². The van der Waals surface area contributed by atoms with Gasteiger partial charge in [-0.05, 0) is 43.4 Å². The molecule has 0 unspecified atom stereocenters. The van der Waals surface area contributed by atoms with Crippen LogP contribution >= 0.6 is 0 Å². The number of hydrogen-bond donors (Lipinski definition) is 1. The normalized spacial score (nSPS) is 14.3. The Kier molecular flexibility index (Phi) is 5.03. The summed E-state index contributed by atoms with van der Waals surface area (Å²) in [6.07, 6.45) is 4.78. The molecule has 0 atom stereocenters. The highest BCUT2D eigenvalue weighted by molar-refractivity contribution is 5.60. The molecule has 108 valence electrons. The number of nitriles is 1. The maximum Gasteiger partial charge on any atom is 0.101 e. The third-order valence-corrected chi connectivity index (χ3v) is 4.22. The highest BCUT2D eigenvalue weighted by atomic mass is 15.1. The molecule has 3 nitrogen and oxygen atoms in total. The van der Waals surface area contributed by atoms with Gasteiger partial charge in [0.1, 0.15) is 6.07 Å². The molecule has 1 fully saturated rings. The number of nitrogens with one attached hydrogen (secondary N) is 1. The number of benzene rings is 1. The lowest BCUT2D eigenvalue weighted by atomic mass is 10.1. The van der Waals surface area contributed by atoms with Gasteiger partial charge in [0.15, 0.2) is 0 Å².